The van der Waals surface area contributed by atoms with Crippen LogP contribution in [0, 0.1) is 12.7 Å². The van der Waals surface area contributed by atoms with E-state index in [4.69, 9.17) is 11.6 Å². The molecule has 26 heavy (non-hydrogen) atoms. The maximum absolute atomic E-state index is 14.2. The van der Waals surface area contributed by atoms with Crippen molar-refractivity contribution in [2.75, 3.05) is 0 Å². The van der Waals surface area contributed by atoms with Crippen LogP contribution in [-0.2, 0) is 13.1 Å². The average molecular weight is 372 g/mol. The fraction of sp³-hybridized carbons (Fsp3) is 0.300. The molecule has 3 aromatic rings. The molecule has 1 fully saturated rings. The molecule has 1 aromatic carbocycles. The van der Waals surface area contributed by atoms with E-state index in [9.17, 15) is 9.18 Å². The third-order valence-corrected chi connectivity index (χ3v) is 5.07. The summed E-state index contributed by atoms with van der Waals surface area (Å²) in [4.78, 5) is 19.2. The fourth-order valence-corrected chi connectivity index (χ4v) is 3.41. The molecule has 1 saturated carbocycles. The van der Waals surface area contributed by atoms with Gasteiger partial charge in [-0.2, -0.15) is 0 Å². The van der Waals surface area contributed by atoms with E-state index >= 15 is 0 Å². The largest absolute Gasteiger partial charge is 0.290 e. The highest BCUT2D eigenvalue weighted by atomic mass is 35.5. The monoisotopic (exact) mass is 371 g/mol. The van der Waals surface area contributed by atoms with Gasteiger partial charge >= 0.3 is 0 Å². The van der Waals surface area contributed by atoms with Crippen LogP contribution in [0.15, 0.2) is 47.4 Å². The number of hydrogen-bond donors (Lipinski definition) is 0. The Kier molecular flexibility index (Phi) is 4.51. The van der Waals surface area contributed by atoms with E-state index in [1.165, 1.54) is 6.07 Å². The molecule has 4 nitrogen and oxygen atoms in total. The van der Waals surface area contributed by atoms with Crippen molar-refractivity contribution in [1.82, 2.24) is 14.3 Å². The van der Waals surface area contributed by atoms with E-state index < -0.39 is 0 Å². The molecule has 134 valence electrons. The van der Waals surface area contributed by atoms with E-state index in [0.717, 1.165) is 18.4 Å². The van der Waals surface area contributed by atoms with Gasteiger partial charge in [-0.25, -0.2) is 9.37 Å². The Bertz CT molecular complexity index is 1010. The van der Waals surface area contributed by atoms with Crippen LogP contribution >= 0.6 is 11.6 Å². The molecule has 0 radical (unpaired) electrons. The van der Waals surface area contributed by atoms with Gasteiger partial charge in [0.05, 0.1) is 5.69 Å². The van der Waals surface area contributed by atoms with Gasteiger partial charge in [0.2, 0.25) is 0 Å². The van der Waals surface area contributed by atoms with Crippen molar-refractivity contribution in [2.45, 2.75) is 38.9 Å². The highest BCUT2D eigenvalue weighted by Gasteiger charge is 2.30. The van der Waals surface area contributed by atoms with Gasteiger partial charge in [0.15, 0.2) is 0 Å². The first-order chi connectivity index (χ1) is 12.5. The van der Waals surface area contributed by atoms with Crippen molar-refractivity contribution >= 4 is 17.2 Å². The lowest BCUT2D eigenvalue weighted by Gasteiger charge is -2.22. The van der Waals surface area contributed by atoms with Gasteiger partial charge in [-0.05, 0) is 43.5 Å². The van der Waals surface area contributed by atoms with Crippen molar-refractivity contribution < 1.29 is 4.39 Å². The van der Waals surface area contributed by atoms with Gasteiger partial charge in [0, 0.05) is 42.0 Å². The first kappa shape index (κ1) is 17.2. The Morgan fingerprint density at radius 3 is 2.81 bits per heavy atom. The van der Waals surface area contributed by atoms with Crippen LogP contribution in [-0.4, -0.2) is 20.3 Å². The summed E-state index contributed by atoms with van der Waals surface area (Å²) in [5.74, 6) is -0.301. The molecule has 0 spiro atoms. The van der Waals surface area contributed by atoms with Crippen molar-refractivity contribution in [1.29, 1.82) is 0 Å². The molecule has 2 heterocycles. The van der Waals surface area contributed by atoms with E-state index in [1.807, 2.05) is 19.1 Å². The summed E-state index contributed by atoms with van der Waals surface area (Å²) in [6.45, 7) is 2.84. The lowest BCUT2D eigenvalue weighted by Crippen LogP contribution is -2.27. The number of halogens is 2. The minimum atomic E-state index is -0.301. The zero-order chi connectivity index (χ0) is 18.3. The maximum Gasteiger partial charge on any atom is 0.258 e. The van der Waals surface area contributed by atoms with Crippen molar-refractivity contribution in [3.8, 4) is 0 Å². The average Bonchev–Trinajstić information content (AvgIpc) is 3.43. The van der Waals surface area contributed by atoms with Crippen molar-refractivity contribution in [3.05, 3.63) is 80.6 Å². The first-order valence-electron chi connectivity index (χ1n) is 8.67. The number of fused-ring (bicyclic) bond motifs is 1. The first-order valence-corrected chi connectivity index (χ1v) is 9.05. The van der Waals surface area contributed by atoms with E-state index in [-0.39, 0.29) is 11.4 Å². The Balaban J connectivity index is 1.64. The molecule has 2 aromatic heterocycles. The van der Waals surface area contributed by atoms with Crippen LogP contribution in [0.1, 0.15) is 29.7 Å². The molecular formula is C20H19ClFN3O. The van der Waals surface area contributed by atoms with Crippen LogP contribution in [0.25, 0.3) is 5.65 Å². The molecule has 0 amide bonds. The second-order valence-corrected chi connectivity index (χ2v) is 7.26. The molecule has 1 aliphatic rings. The topological polar surface area (TPSA) is 37.6 Å². The van der Waals surface area contributed by atoms with E-state index in [1.54, 1.807) is 28.8 Å². The zero-order valence-corrected chi connectivity index (χ0v) is 15.2. The van der Waals surface area contributed by atoms with E-state index in [0.29, 0.717) is 41.1 Å². The number of rotatable bonds is 5. The summed E-state index contributed by atoms with van der Waals surface area (Å²) in [5.41, 5.74) is 2.71. The van der Waals surface area contributed by atoms with Crippen molar-refractivity contribution in [2.24, 2.45) is 0 Å². The second-order valence-electron chi connectivity index (χ2n) is 6.86. The number of hydrogen-bond acceptors (Lipinski definition) is 3. The summed E-state index contributed by atoms with van der Waals surface area (Å²) in [7, 11) is 0. The Hall–Kier alpha value is -2.24. The summed E-state index contributed by atoms with van der Waals surface area (Å²) < 4.78 is 15.7. The fourth-order valence-electron chi connectivity index (χ4n) is 3.19. The Labute approximate surface area is 155 Å². The Morgan fingerprint density at radius 2 is 2.08 bits per heavy atom. The lowest BCUT2D eigenvalue weighted by molar-refractivity contribution is 0.239. The number of aryl methyl sites for hydroxylation is 1. The normalized spacial score (nSPS) is 14.3. The summed E-state index contributed by atoms with van der Waals surface area (Å²) in [6, 6.07) is 10.5. The summed E-state index contributed by atoms with van der Waals surface area (Å²) in [6.07, 6.45) is 3.92. The van der Waals surface area contributed by atoms with Gasteiger partial charge in [-0.1, -0.05) is 23.7 Å². The summed E-state index contributed by atoms with van der Waals surface area (Å²) in [5, 5.41) is 0.428. The van der Waals surface area contributed by atoms with Crippen molar-refractivity contribution in [3.63, 3.8) is 0 Å². The molecule has 0 N–H and O–H groups in total. The minimum Gasteiger partial charge on any atom is -0.290 e. The van der Waals surface area contributed by atoms with Crippen LogP contribution in [0.4, 0.5) is 4.39 Å². The van der Waals surface area contributed by atoms with Gasteiger partial charge in [-0.15, -0.1) is 0 Å². The predicted octanol–water partition coefficient (Wildman–Crippen LogP) is 3.96. The summed E-state index contributed by atoms with van der Waals surface area (Å²) >= 11 is 6.18. The molecular weight excluding hydrogens is 353 g/mol. The van der Waals surface area contributed by atoms with Crippen LogP contribution in [0.3, 0.4) is 0 Å². The van der Waals surface area contributed by atoms with Crippen LogP contribution < -0.4 is 5.56 Å². The highest BCUT2D eigenvalue weighted by molar-refractivity contribution is 6.31. The third kappa shape index (κ3) is 3.50. The Morgan fingerprint density at radius 1 is 1.27 bits per heavy atom. The number of pyridine rings is 1. The zero-order valence-electron chi connectivity index (χ0n) is 14.5. The standard InChI is InChI=1S/C20H19ClFN3O/c1-13-5-8-19-23-14(9-20(26)25(19)10-13)11-24(15-6-7-15)12-16-17(21)3-2-4-18(16)22/h2-5,8-10,15H,6-7,11-12H2,1H3. The lowest BCUT2D eigenvalue weighted by atomic mass is 10.2. The van der Waals surface area contributed by atoms with Crippen LogP contribution in [0.5, 0.6) is 0 Å². The third-order valence-electron chi connectivity index (χ3n) is 4.71. The molecule has 0 atom stereocenters. The molecule has 0 unspecified atom stereocenters. The highest BCUT2D eigenvalue weighted by Crippen LogP contribution is 2.31. The number of nitrogens with zero attached hydrogens (tertiary/aromatic N) is 3. The van der Waals surface area contributed by atoms with Crippen LogP contribution in [0.2, 0.25) is 5.02 Å². The number of aromatic nitrogens is 2. The minimum absolute atomic E-state index is 0.103. The molecule has 0 bridgehead atoms. The maximum atomic E-state index is 14.2. The predicted molar refractivity (Wildman–Crippen MR) is 99.9 cm³/mol. The number of benzene rings is 1. The molecule has 1 aliphatic carbocycles. The smallest absolute Gasteiger partial charge is 0.258 e. The second kappa shape index (κ2) is 6.82. The van der Waals surface area contributed by atoms with E-state index in [2.05, 4.69) is 9.88 Å². The quantitative estimate of drug-likeness (QED) is 0.681. The molecule has 6 heteroatoms. The molecule has 4 rings (SSSR count). The van der Waals surface area contributed by atoms with Gasteiger partial charge < -0.3 is 0 Å². The van der Waals surface area contributed by atoms with Gasteiger partial charge in [0.25, 0.3) is 5.56 Å². The van der Waals surface area contributed by atoms with Gasteiger partial charge in [0.1, 0.15) is 11.5 Å². The molecule has 0 aliphatic heterocycles. The van der Waals surface area contributed by atoms with Gasteiger partial charge in [-0.3, -0.25) is 14.1 Å². The molecule has 0 saturated heterocycles. The SMILES string of the molecule is Cc1ccc2nc(CN(Cc3c(F)cccc3Cl)C3CC3)cc(=O)n2c1.